The molecule has 138 valence electrons. The molecule has 1 aliphatic carbocycles. The van der Waals surface area contributed by atoms with Gasteiger partial charge in [0.1, 0.15) is 11.6 Å². The number of aromatic nitrogens is 3. The molecular weight excluding hydrogens is 356 g/mol. The molecule has 1 saturated carbocycles. The monoisotopic (exact) mass is 376 g/mol. The second-order valence-electron chi connectivity index (χ2n) is 6.82. The van der Waals surface area contributed by atoms with Crippen molar-refractivity contribution < 1.29 is 14.3 Å². The maximum atomic E-state index is 12.7. The highest BCUT2D eigenvalue weighted by Gasteiger charge is 2.34. The molecule has 2 fully saturated rings. The van der Waals surface area contributed by atoms with E-state index >= 15 is 0 Å². The Morgan fingerprint density at radius 2 is 2.23 bits per heavy atom. The summed E-state index contributed by atoms with van der Waals surface area (Å²) in [5, 5.41) is 10.4. The van der Waals surface area contributed by atoms with E-state index in [0.717, 1.165) is 18.7 Å². The lowest BCUT2D eigenvalue weighted by molar-refractivity contribution is 0.0928. The van der Waals surface area contributed by atoms with Crippen molar-refractivity contribution in [3.05, 3.63) is 40.4 Å². The van der Waals surface area contributed by atoms with Crippen LogP contribution < -0.4 is 10.1 Å². The molecule has 2 aliphatic rings. The Morgan fingerprint density at radius 1 is 1.38 bits per heavy atom. The lowest BCUT2D eigenvalue weighted by Crippen LogP contribution is -2.39. The summed E-state index contributed by atoms with van der Waals surface area (Å²) in [7, 11) is 0. The minimum atomic E-state index is -0.238. The number of hydrogen-bond acceptors (Lipinski definition) is 5. The SMILES string of the molecule is Cc1nc([C@@H]2COC[C@@H]2NC(=O)c2ccc(OC3CCC3)cc2Cl)n[nH]1. The summed E-state index contributed by atoms with van der Waals surface area (Å²) in [6, 6.07) is 5.00. The van der Waals surface area contributed by atoms with Gasteiger partial charge < -0.3 is 14.8 Å². The second-order valence-corrected chi connectivity index (χ2v) is 7.22. The van der Waals surface area contributed by atoms with E-state index in [1.807, 2.05) is 6.92 Å². The zero-order chi connectivity index (χ0) is 18.1. The van der Waals surface area contributed by atoms with Gasteiger partial charge in [-0.1, -0.05) is 11.6 Å². The van der Waals surface area contributed by atoms with E-state index in [4.69, 9.17) is 21.1 Å². The number of nitrogens with one attached hydrogen (secondary N) is 2. The van der Waals surface area contributed by atoms with Gasteiger partial charge in [-0.2, -0.15) is 5.10 Å². The fraction of sp³-hybridized carbons (Fsp3) is 0.500. The minimum absolute atomic E-state index is 0.0797. The van der Waals surface area contributed by atoms with Crippen LogP contribution in [0.3, 0.4) is 0 Å². The number of carbonyl (C=O) groups is 1. The van der Waals surface area contributed by atoms with Crippen molar-refractivity contribution in [1.82, 2.24) is 20.5 Å². The molecule has 2 atom stereocenters. The normalized spacial score (nSPS) is 22.8. The van der Waals surface area contributed by atoms with Gasteiger partial charge in [0.2, 0.25) is 0 Å². The van der Waals surface area contributed by atoms with Crippen molar-refractivity contribution >= 4 is 17.5 Å². The fourth-order valence-electron chi connectivity index (χ4n) is 3.16. The molecule has 0 unspecified atom stereocenters. The Morgan fingerprint density at radius 3 is 2.88 bits per heavy atom. The molecule has 1 saturated heterocycles. The molecule has 2 heterocycles. The van der Waals surface area contributed by atoms with Gasteiger partial charge in [0.25, 0.3) is 5.91 Å². The number of halogens is 1. The van der Waals surface area contributed by atoms with Crippen molar-refractivity contribution in [2.75, 3.05) is 13.2 Å². The number of H-pyrrole nitrogens is 1. The highest BCUT2D eigenvalue weighted by atomic mass is 35.5. The van der Waals surface area contributed by atoms with Gasteiger partial charge in [0.15, 0.2) is 5.82 Å². The molecule has 1 aromatic carbocycles. The molecule has 2 N–H and O–H groups in total. The number of ether oxygens (including phenoxy) is 2. The summed E-state index contributed by atoms with van der Waals surface area (Å²) in [6.45, 7) is 2.74. The average molecular weight is 377 g/mol. The van der Waals surface area contributed by atoms with Crippen LogP contribution in [0, 0.1) is 6.92 Å². The number of benzene rings is 1. The van der Waals surface area contributed by atoms with E-state index in [0.29, 0.717) is 35.4 Å². The van der Waals surface area contributed by atoms with Crippen LogP contribution in [-0.4, -0.2) is 46.4 Å². The molecule has 1 aliphatic heterocycles. The molecule has 0 radical (unpaired) electrons. The number of hydrogen-bond donors (Lipinski definition) is 2. The van der Waals surface area contributed by atoms with Crippen molar-refractivity contribution in [3.63, 3.8) is 0 Å². The maximum Gasteiger partial charge on any atom is 0.253 e. The van der Waals surface area contributed by atoms with E-state index in [2.05, 4.69) is 20.5 Å². The number of aryl methyl sites for hydroxylation is 1. The van der Waals surface area contributed by atoms with Crippen LogP contribution in [0.15, 0.2) is 18.2 Å². The third kappa shape index (κ3) is 3.54. The highest BCUT2D eigenvalue weighted by Crippen LogP contribution is 2.29. The minimum Gasteiger partial charge on any atom is -0.490 e. The summed E-state index contributed by atoms with van der Waals surface area (Å²) in [4.78, 5) is 17.0. The first-order chi connectivity index (χ1) is 12.6. The van der Waals surface area contributed by atoms with Crippen LogP contribution >= 0.6 is 11.6 Å². The zero-order valence-electron chi connectivity index (χ0n) is 14.5. The zero-order valence-corrected chi connectivity index (χ0v) is 15.3. The van der Waals surface area contributed by atoms with E-state index < -0.39 is 0 Å². The number of nitrogens with zero attached hydrogens (tertiary/aromatic N) is 2. The Labute approximate surface area is 156 Å². The smallest absolute Gasteiger partial charge is 0.253 e. The van der Waals surface area contributed by atoms with E-state index in [9.17, 15) is 4.79 Å². The first kappa shape index (κ1) is 17.3. The quantitative estimate of drug-likeness (QED) is 0.837. The molecule has 4 rings (SSSR count). The van der Waals surface area contributed by atoms with Crippen molar-refractivity contribution in [1.29, 1.82) is 0 Å². The Bertz CT molecular complexity index is 805. The predicted molar refractivity (Wildman–Crippen MR) is 95.7 cm³/mol. The van der Waals surface area contributed by atoms with Crippen LogP contribution in [0.1, 0.15) is 47.2 Å². The molecule has 1 amide bonds. The molecule has 0 bridgehead atoms. The van der Waals surface area contributed by atoms with E-state index in [1.54, 1.807) is 18.2 Å². The number of rotatable bonds is 5. The first-order valence-electron chi connectivity index (χ1n) is 8.84. The van der Waals surface area contributed by atoms with Gasteiger partial charge >= 0.3 is 0 Å². The van der Waals surface area contributed by atoms with Gasteiger partial charge in [-0.15, -0.1) is 0 Å². The number of amides is 1. The maximum absolute atomic E-state index is 12.7. The molecule has 0 spiro atoms. The third-order valence-electron chi connectivity index (χ3n) is 4.88. The Balaban J connectivity index is 1.43. The van der Waals surface area contributed by atoms with Crippen molar-refractivity contribution in [2.45, 2.75) is 44.2 Å². The highest BCUT2D eigenvalue weighted by molar-refractivity contribution is 6.34. The Hall–Kier alpha value is -2.12. The fourth-order valence-corrected chi connectivity index (χ4v) is 3.41. The molecule has 1 aromatic heterocycles. The van der Waals surface area contributed by atoms with Crippen LogP contribution in [-0.2, 0) is 4.74 Å². The van der Waals surface area contributed by atoms with Gasteiger partial charge in [-0.05, 0) is 44.4 Å². The van der Waals surface area contributed by atoms with Crippen molar-refractivity contribution in [3.8, 4) is 5.75 Å². The lowest BCUT2D eigenvalue weighted by atomic mass is 9.96. The van der Waals surface area contributed by atoms with Crippen molar-refractivity contribution in [2.24, 2.45) is 0 Å². The first-order valence-corrected chi connectivity index (χ1v) is 9.21. The Kier molecular flexibility index (Phi) is 4.82. The lowest BCUT2D eigenvalue weighted by Gasteiger charge is -2.26. The molecule has 8 heteroatoms. The summed E-state index contributed by atoms with van der Waals surface area (Å²) < 4.78 is 11.3. The third-order valence-corrected chi connectivity index (χ3v) is 5.20. The molecular formula is C18H21ClN4O3. The van der Waals surface area contributed by atoms with Crippen LogP contribution in [0.2, 0.25) is 5.02 Å². The molecule has 7 nitrogen and oxygen atoms in total. The van der Waals surface area contributed by atoms with Crippen LogP contribution in [0.25, 0.3) is 0 Å². The van der Waals surface area contributed by atoms with Crippen LogP contribution in [0.5, 0.6) is 5.75 Å². The van der Waals surface area contributed by atoms with E-state index in [1.165, 1.54) is 6.42 Å². The number of aromatic amines is 1. The predicted octanol–water partition coefficient (Wildman–Crippen LogP) is 2.61. The van der Waals surface area contributed by atoms with Gasteiger partial charge in [-0.25, -0.2) is 4.98 Å². The van der Waals surface area contributed by atoms with Crippen LogP contribution in [0.4, 0.5) is 0 Å². The molecule has 26 heavy (non-hydrogen) atoms. The second kappa shape index (κ2) is 7.25. The molecule has 2 aromatic rings. The largest absolute Gasteiger partial charge is 0.490 e. The van der Waals surface area contributed by atoms with Gasteiger partial charge in [0.05, 0.1) is 41.9 Å². The topological polar surface area (TPSA) is 89.1 Å². The van der Waals surface area contributed by atoms with Gasteiger partial charge in [0, 0.05) is 0 Å². The average Bonchev–Trinajstić information content (AvgIpc) is 3.19. The summed E-state index contributed by atoms with van der Waals surface area (Å²) in [5.74, 6) is 1.78. The summed E-state index contributed by atoms with van der Waals surface area (Å²) >= 11 is 6.31. The number of carbonyl (C=O) groups excluding carboxylic acids is 1. The van der Waals surface area contributed by atoms with E-state index in [-0.39, 0.29) is 24.0 Å². The standard InChI is InChI=1S/C18H21ClN4O3/c1-10-20-17(23-22-10)14-8-25-9-16(14)21-18(24)13-6-5-12(7-15(13)19)26-11-3-2-4-11/h5-7,11,14,16H,2-4,8-9H2,1H3,(H,21,24)(H,20,22,23)/t14-,16+/m1/s1. The summed E-state index contributed by atoms with van der Waals surface area (Å²) in [6.07, 6.45) is 3.62. The summed E-state index contributed by atoms with van der Waals surface area (Å²) in [5.41, 5.74) is 0.421. The van der Waals surface area contributed by atoms with Gasteiger partial charge in [-0.3, -0.25) is 9.89 Å².